The predicted molar refractivity (Wildman–Crippen MR) is 104 cm³/mol. The molecule has 0 aromatic heterocycles. The second-order valence-corrected chi connectivity index (χ2v) is 8.10. The third-order valence-electron chi connectivity index (χ3n) is 6.02. The number of ketones is 1. The third kappa shape index (κ3) is 3.58. The van der Waals surface area contributed by atoms with E-state index < -0.39 is 0 Å². The number of hydrogen-bond acceptors (Lipinski definition) is 3. The van der Waals surface area contributed by atoms with Gasteiger partial charge >= 0.3 is 0 Å². The molecule has 136 valence electrons. The molecule has 2 aliphatic rings. The molecule has 2 aromatic carbocycles. The zero-order valence-electron chi connectivity index (χ0n) is 14.8. The fourth-order valence-electron chi connectivity index (χ4n) is 4.58. The van der Waals surface area contributed by atoms with Gasteiger partial charge in [0, 0.05) is 30.0 Å². The van der Waals surface area contributed by atoms with Crippen molar-refractivity contribution in [3.05, 3.63) is 65.5 Å². The van der Waals surface area contributed by atoms with Crippen molar-refractivity contribution in [3.63, 3.8) is 0 Å². The molecule has 1 aliphatic carbocycles. The minimum Gasteiger partial charge on any atom is -0.303 e. The maximum Gasteiger partial charge on any atom is 0.164 e. The van der Waals surface area contributed by atoms with Gasteiger partial charge in [-0.1, -0.05) is 30.3 Å². The minimum atomic E-state index is -0.162. The van der Waals surface area contributed by atoms with E-state index in [1.807, 2.05) is 36.4 Å². The summed E-state index contributed by atoms with van der Waals surface area (Å²) in [5, 5.41) is 0. The zero-order chi connectivity index (χ0) is 18.1. The lowest BCUT2D eigenvalue weighted by Crippen LogP contribution is -2.33. The Bertz CT molecular complexity index is 791. The van der Waals surface area contributed by atoms with Crippen molar-refractivity contribution in [1.82, 2.24) is 4.90 Å². The maximum atomic E-state index is 13.1. The molecule has 2 aromatic rings. The van der Waals surface area contributed by atoms with Gasteiger partial charge in [0.2, 0.25) is 0 Å². The molecule has 0 amide bonds. The lowest BCUT2D eigenvalue weighted by molar-refractivity contribution is 0.0973. The normalized spacial score (nSPS) is 24.9. The molecule has 0 bridgehead atoms. The summed E-state index contributed by atoms with van der Waals surface area (Å²) in [4.78, 5) is 15.6. The van der Waals surface area contributed by atoms with Crippen LogP contribution in [0.5, 0.6) is 0 Å². The molecule has 0 radical (unpaired) electrons. The molecule has 4 rings (SSSR count). The summed E-state index contributed by atoms with van der Waals surface area (Å²) in [5.74, 6) is 2.05. The van der Waals surface area contributed by atoms with Gasteiger partial charge in [-0.3, -0.25) is 4.79 Å². The van der Waals surface area contributed by atoms with Crippen LogP contribution in [0, 0.1) is 17.7 Å². The first kappa shape index (κ1) is 17.7. The van der Waals surface area contributed by atoms with Crippen molar-refractivity contribution in [2.45, 2.75) is 30.1 Å². The number of carbonyl (C=O) groups is 1. The molecule has 2 fully saturated rings. The summed E-state index contributed by atoms with van der Waals surface area (Å²) in [6.45, 7) is 3.22. The van der Waals surface area contributed by atoms with Gasteiger partial charge < -0.3 is 4.90 Å². The van der Waals surface area contributed by atoms with Gasteiger partial charge in [0.25, 0.3) is 0 Å². The maximum absolute atomic E-state index is 13.1. The monoisotopic (exact) mass is 369 g/mol. The quantitative estimate of drug-likeness (QED) is 0.582. The molecule has 0 spiro atoms. The average molecular weight is 370 g/mol. The van der Waals surface area contributed by atoms with Gasteiger partial charge in [0.05, 0.1) is 0 Å². The molecular weight excluding hydrogens is 345 g/mol. The lowest BCUT2D eigenvalue weighted by atomic mass is 9.64. The van der Waals surface area contributed by atoms with E-state index in [4.69, 9.17) is 0 Å². The molecule has 1 saturated carbocycles. The van der Waals surface area contributed by atoms with Crippen LogP contribution in [0.15, 0.2) is 53.4 Å². The largest absolute Gasteiger partial charge is 0.303 e. The standard InChI is InChI=1S/C22H24FNOS/c23-17-9-7-15(8-10-17)19-12-16-13-24(14-20(16)19)11-3-5-21(25)18-4-1-2-6-22(18)26/h1-2,4,6-10,16,19-20,26H,3,5,11-14H2. The number of benzene rings is 2. The van der Waals surface area contributed by atoms with Gasteiger partial charge in [-0.05, 0) is 60.9 Å². The summed E-state index contributed by atoms with van der Waals surface area (Å²) < 4.78 is 13.1. The molecule has 26 heavy (non-hydrogen) atoms. The van der Waals surface area contributed by atoms with Crippen molar-refractivity contribution in [3.8, 4) is 0 Å². The van der Waals surface area contributed by atoms with Crippen LogP contribution in [0.4, 0.5) is 4.39 Å². The fourth-order valence-corrected chi connectivity index (χ4v) is 4.87. The van der Waals surface area contributed by atoms with Crippen LogP contribution in [0.1, 0.15) is 41.1 Å². The molecule has 0 N–H and O–H groups in total. The summed E-state index contributed by atoms with van der Waals surface area (Å²) in [6.07, 6.45) is 2.67. The highest BCUT2D eigenvalue weighted by Gasteiger charge is 2.47. The Morgan fingerprint density at radius 3 is 2.65 bits per heavy atom. The van der Waals surface area contributed by atoms with Crippen molar-refractivity contribution in [2.24, 2.45) is 11.8 Å². The third-order valence-corrected chi connectivity index (χ3v) is 6.41. The smallest absolute Gasteiger partial charge is 0.164 e. The number of rotatable bonds is 6. The second-order valence-electron chi connectivity index (χ2n) is 7.62. The summed E-state index contributed by atoms with van der Waals surface area (Å²) in [6, 6.07) is 14.5. The molecule has 1 heterocycles. The van der Waals surface area contributed by atoms with E-state index >= 15 is 0 Å². The Labute approximate surface area is 159 Å². The molecule has 1 saturated heterocycles. The first-order valence-electron chi connectivity index (χ1n) is 9.41. The molecule has 2 nitrogen and oxygen atoms in total. The van der Waals surface area contributed by atoms with Gasteiger partial charge in [0.1, 0.15) is 5.82 Å². The van der Waals surface area contributed by atoms with E-state index in [9.17, 15) is 9.18 Å². The predicted octanol–water partition coefficient (Wildman–Crippen LogP) is 4.81. The second kappa shape index (κ2) is 7.53. The summed E-state index contributed by atoms with van der Waals surface area (Å²) >= 11 is 4.37. The minimum absolute atomic E-state index is 0.162. The van der Waals surface area contributed by atoms with Gasteiger partial charge in [-0.15, -0.1) is 12.6 Å². The number of halogens is 1. The Kier molecular flexibility index (Phi) is 5.14. The number of nitrogens with zero attached hydrogens (tertiary/aromatic N) is 1. The van der Waals surface area contributed by atoms with Crippen LogP contribution in [0.2, 0.25) is 0 Å². The average Bonchev–Trinajstić information content (AvgIpc) is 2.93. The number of hydrogen-bond donors (Lipinski definition) is 1. The Balaban J connectivity index is 1.26. The first-order valence-corrected chi connectivity index (χ1v) is 9.85. The molecule has 4 heteroatoms. The van der Waals surface area contributed by atoms with Gasteiger partial charge in [0.15, 0.2) is 5.78 Å². The number of carbonyl (C=O) groups excluding carboxylic acids is 1. The Morgan fingerprint density at radius 1 is 1.12 bits per heavy atom. The SMILES string of the molecule is O=C(CCCN1CC2CC(c3ccc(F)cc3)C2C1)c1ccccc1S. The molecular formula is C22H24FNOS. The number of fused-ring (bicyclic) bond motifs is 1. The first-order chi connectivity index (χ1) is 12.6. The van der Waals surface area contributed by atoms with Crippen LogP contribution in [0.3, 0.4) is 0 Å². The topological polar surface area (TPSA) is 20.3 Å². The van der Waals surface area contributed by atoms with Crippen LogP contribution < -0.4 is 0 Å². The summed E-state index contributed by atoms with van der Waals surface area (Å²) in [5.41, 5.74) is 2.00. The van der Waals surface area contributed by atoms with Gasteiger partial charge in [-0.25, -0.2) is 4.39 Å². The fraction of sp³-hybridized carbons (Fsp3) is 0.409. The number of thiol groups is 1. The van der Waals surface area contributed by atoms with Crippen molar-refractivity contribution in [2.75, 3.05) is 19.6 Å². The van der Waals surface area contributed by atoms with Crippen molar-refractivity contribution >= 4 is 18.4 Å². The van der Waals surface area contributed by atoms with E-state index in [2.05, 4.69) is 17.5 Å². The van der Waals surface area contributed by atoms with E-state index in [1.54, 1.807) is 12.1 Å². The van der Waals surface area contributed by atoms with E-state index in [1.165, 1.54) is 12.0 Å². The van der Waals surface area contributed by atoms with Crippen LogP contribution in [-0.2, 0) is 0 Å². The molecule has 3 unspecified atom stereocenters. The zero-order valence-corrected chi connectivity index (χ0v) is 15.7. The Hall–Kier alpha value is -1.65. The van der Waals surface area contributed by atoms with Crippen LogP contribution >= 0.6 is 12.6 Å². The van der Waals surface area contributed by atoms with Crippen molar-refractivity contribution < 1.29 is 9.18 Å². The number of Topliss-reactive ketones (excluding diaryl/α,β-unsaturated/α-hetero) is 1. The molecule has 3 atom stereocenters. The lowest BCUT2D eigenvalue weighted by Gasteiger charge is -2.40. The van der Waals surface area contributed by atoms with Crippen LogP contribution in [-0.4, -0.2) is 30.3 Å². The highest BCUT2D eigenvalue weighted by Crippen LogP contribution is 2.51. The highest BCUT2D eigenvalue weighted by atomic mass is 32.1. The van der Waals surface area contributed by atoms with Gasteiger partial charge in [-0.2, -0.15) is 0 Å². The highest BCUT2D eigenvalue weighted by molar-refractivity contribution is 7.80. The van der Waals surface area contributed by atoms with Crippen molar-refractivity contribution in [1.29, 1.82) is 0 Å². The Morgan fingerprint density at radius 2 is 1.88 bits per heavy atom. The van der Waals surface area contributed by atoms with E-state index in [0.29, 0.717) is 18.3 Å². The van der Waals surface area contributed by atoms with E-state index in [0.717, 1.165) is 42.4 Å². The number of likely N-dealkylation sites (tertiary alicyclic amines) is 1. The van der Waals surface area contributed by atoms with Crippen LogP contribution in [0.25, 0.3) is 0 Å². The molecule has 1 aliphatic heterocycles. The van der Waals surface area contributed by atoms with E-state index in [-0.39, 0.29) is 11.6 Å². The summed E-state index contributed by atoms with van der Waals surface area (Å²) in [7, 11) is 0.